The van der Waals surface area contributed by atoms with E-state index in [1.54, 1.807) is 12.4 Å². The average Bonchev–Trinajstić information content (AvgIpc) is 2.29. The van der Waals surface area contributed by atoms with E-state index in [0.717, 1.165) is 42.6 Å². The van der Waals surface area contributed by atoms with Gasteiger partial charge in [0.1, 0.15) is 5.75 Å². The van der Waals surface area contributed by atoms with E-state index < -0.39 is 0 Å². The minimum atomic E-state index is 0.247. The van der Waals surface area contributed by atoms with E-state index in [-0.39, 0.29) is 5.41 Å². The Morgan fingerprint density at radius 3 is 2.76 bits per heavy atom. The summed E-state index contributed by atoms with van der Waals surface area (Å²) < 4.78 is 6.56. The number of rotatable bonds is 7. The smallest absolute Gasteiger partial charge is 0.138 e. The van der Waals surface area contributed by atoms with Crippen molar-refractivity contribution in [2.75, 3.05) is 13.2 Å². The van der Waals surface area contributed by atoms with Gasteiger partial charge in [-0.25, -0.2) is 0 Å². The number of hydrogen-bond acceptors (Lipinski definition) is 3. The Kier molecular flexibility index (Phi) is 5.92. The molecular formula is C13H21BrN2O. The third-order valence-corrected chi connectivity index (χ3v) is 3.18. The van der Waals surface area contributed by atoms with E-state index in [1.807, 2.05) is 6.07 Å². The fourth-order valence-corrected chi connectivity index (χ4v) is 1.81. The number of halogens is 1. The lowest BCUT2D eigenvalue weighted by Crippen LogP contribution is -2.23. The molecule has 0 aliphatic carbocycles. The second kappa shape index (κ2) is 6.97. The summed E-state index contributed by atoms with van der Waals surface area (Å²) in [5.41, 5.74) is 5.93. The fraction of sp³-hybridized carbons (Fsp3) is 0.615. The van der Waals surface area contributed by atoms with Gasteiger partial charge in [-0.1, -0.05) is 13.8 Å². The van der Waals surface area contributed by atoms with Gasteiger partial charge in [-0.3, -0.25) is 4.98 Å². The van der Waals surface area contributed by atoms with Crippen molar-refractivity contribution >= 4 is 15.9 Å². The zero-order chi connectivity index (χ0) is 12.7. The fourth-order valence-electron chi connectivity index (χ4n) is 1.47. The first-order valence-electron chi connectivity index (χ1n) is 5.97. The van der Waals surface area contributed by atoms with Gasteiger partial charge in [-0.05, 0) is 53.2 Å². The molecule has 1 aromatic rings. The van der Waals surface area contributed by atoms with Gasteiger partial charge >= 0.3 is 0 Å². The molecule has 0 aliphatic heterocycles. The lowest BCUT2D eigenvalue weighted by molar-refractivity contribution is 0.278. The first-order valence-corrected chi connectivity index (χ1v) is 6.76. The summed E-state index contributed by atoms with van der Waals surface area (Å²) in [6.45, 7) is 5.88. The van der Waals surface area contributed by atoms with E-state index in [1.165, 1.54) is 0 Å². The highest BCUT2D eigenvalue weighted by Gasteiger charge is 2.14. The number of aromatic nitrogens is 1. The summed E-state index contributed by atoms with van der Waals surface area (Å²) in [5, 5.41) is 0. The zero-order valence-corrected chi connectivity index (χ0v) is 12.2. The standard InChI is InChI=1S/C13H21BrN2O/c1-13(2,10-15)5-3-4-6-17-12-7-11(14)8-16-9-12/h7-9H,3-6,10,15H2,1-2H3. The van der Waals surface area contributed by atoms with Crippen LogP contribution in [0, 0.1) is 5.41 Å². The summed E-state index contributed by atoms with van der Waals surface area (Å²) >= 11 is 3.36. The highest BCUT2D eigenvalue weighted by atomic mass is 79.9. The van der Waals surface area contributed by atoms with Crippen molar-refractivity contribution in [2.24, 2.45) is 11.1 Å². The molecule has 0 saturated heterocycles. The molecule has 0 unspecified atom stereocenters. The van der Waals surface area contributed by atoms with Crippen molar-refractivity contribution in [1.29, 1.82) is 0 Å². The maximum Gasteiger partial charge on any atom is 0.138 e. The lowest BCUT2D eigenvalue weighted by Gasteiger charge is -2.21. The Balaban J connectivity index is 2.17. The monoisotopic (exact) mass is 300 g/mol. The molecule has 0 atom stereocenters. The molecule has 0 saturated carbocycles. The molecule has 3 nitrogen and oxygen atoms in total. The summed E-state index contributed by atoms with van der Waals surface area (Å²) in [6, 6.07) is 1.93. The van der Waals surface area contributed by atoms with Crippen molar-refractivity contribution in [3.8, 4) is 5.75 Å². The van der Waals surface area contributed by atoms with Gasteiger partial charge in [-0.2, -0.15) is 0 Å². The minimum Gasteiger partial charge on any atom is -0.492 e. The van der Waals surface area contributed by atoms with Crippen LogP contribution >= 0.6 is 15.9 Å². The van der Waals surface area contributed by atoms with Gasteiger partial charge in [0.25, 0.3) is 0 Å². The van der Waals surface area contributed by atoms with Crippen LogP contribution in [-0.2, 0) is 0 Å². The highest BCUT2D eigenvalue weighted by molar-refractivity contribution is 9.10. The molecule has 0 bridgehead atoms. The van der Waals surface area contributed by atoms with Crippen LogP contribution in [0.1, 0.15) is 33.1 Å². The van der Waals surface area contributed by atoms with E-state index in [9.17, 15) is 0 Å². The molecule has 1 heterocycles. The Hall–Kier alpha value is -0.610. The van der Waals surface area contributed by atoms with E-state index >= 15 is 0 Å². The molecule has 0 fully saturated rings. The third kappa shape index (κ3) is 6.03. The summed E-state index contributed by atoms with van der Waals surface area (Å²) in [6.07, 6.45) is 6.82. The van der Waals surface area contributed by atoms with Crippen molar-refractivity contribution < 1.29 is 4.74 Å². The molecule has 1 rings (SSSR count). The minimum absolute atomic E-state index is 0.247. The van der Waals surface area contributed by atoms with Gasteiger partial charge in [-0.15, -0.1) is 0 Å². The highest BCUT2D eigenvalue weighted by Crippen LogP contribution is 2.21. The number of pyridine rings is 1. The summed E-state index contributed by atoms with van der Waals surface area (Å²) in [5.74, 6) is 0.817. The molecule has 0 radical (unpaired) electrons. The van der Waals surface area contributed by atoms with Crippen LogP contribution < -0.4 is 10.5 Å². The number of nitrogens with two attached hydrogens (primary N) is 1. The molecule has 1 aromatic heterocycles. The van der Waals surface area contributed by atoms with Crippen molar-refractivity contribution in [2.45, 2.75) is 33.1 Å². The van der Waals surface area contributed by atoms with Crippen LogP contribution in [0.5, 0.6) is 5.75 Å². The largest absolute Gasteiger partial charge is 0.492 e. The number of hydrogen-bond donors (Lipinski definition) is 1. The predicted octanol–water partition coefficient (Wildman–Crippen LogP) is 3.38. The van der Waals surface area contributed by atoms with Gasteiger partial charge in [0.15, 0.2) is 0 Å². The molecule has 0 aromatic carbocycles. The van der Waals surface area contributed by atoms with Gasteiger partial charge in [0.2, 0.25) is 0 Å². The second-order valence-corrected chi connectivity index (χ2v) is 5.93. The molecule has 0 aliphatic rings. The third-order valence-electron chi connectivity index (χ3n) is 2.75. The first-order chi connectivity index (χ1) is 8.03. The Morgan fingerprint density at radius 1 is 1.35 bits per heavy atom. The topological polar surface area (TPSA) is 48.1 Å². The number of unbranched alkanes of at least 4 members (excludes halogenated alkanes) is 1. The zero-order valence-electron chi connectivity index (χ0n) is 10.6. The van der Waals surface area contributed by atoms with Crippen LogP contribution in [0.4, 0.5) is 0 Å². The van der Waals surface area contributed by atoms with E-state index in [2.05, 4.69) is 34.8 Å². The molecular weight excluding hydrogens is 280 g/mol. The predicted molar refractivity (Wildman–Crippen MR) is 74.1 cm³/mol. The quantitative estimate of drug-likeness (QED) is 0.785. The lowest BCUT2D eigenvalue weighted by atomic mass is 9.87. The van der Waals surface area contributed by atoms with Crippen molar-refractivity contribution in [1.82, 2.24) is 4.98 Å². The van der Waals surface area contributed by atoms with Crippen LogP contribution in [0.2, 0.25) is 0 Å². The van der Waals surface area contributed by atoms with Crippen molar-refractivity contribution in [3.63, 3.8) is 0 Å². The molecule has 2 N–H and O–H groups in total. The van der Waals surface area contributed by atoms with Crippen LogP contribution in [0.25, 0.3) is 0 Å². The van der Waals surface area contributed by atoms with E-state index in [0.29, 0.717) is 0 Å². The van der Waals surface area contributed by atoms with Gasteiger partial charge in [0.05, 0.1) is 12.8 Å². The van der Waals surface area contributed by atoms with Crippen molar-refractivity contribution in [3.05, 3.63) is 22.9 Å². The first kappa shape index (κ1) is 14.5. The Labute approximate surface area is 112 Å². The maximum atomic E-state index is 5.68. The summed E-state index contributed by atoms with van der Waals surface area (Å²) in [7, 11) is 0. The van der Waals surface area contributed by atoms with Gasteiger partial charge in [0, 0.05) is 10.7 Å². The Morgan fingerprint density at radius 2 is 2.12 bits per heavy atom. The maximum absolute atomic E-state index is 5.68. The second-order valence-electron chi connectivity index (χ2n) is 5.01. The molecule has 96 valence electrons. The molecule has 0 amide bonds. The van der Waals surface area contributed by atoms with E-state index in [4.69, 9.17) is 10.5 Å². The molecule has 4 heteroatoms. The number of ether oxygens (including phenoxy) is 1. The summed E-state index contributed by atoms with van der Waals surface area (Å²) in [4.78, 5) is 4.05. The SMILES string of the molecule is CC(C)(CN)CCCCOc1cncc(Br)c1. The normalized spacial score (nSPS) is 11.5. The van der Waals surface area contributed by atoms with Crippen LogP contribution in [-0.4, -0.2) is 18.1 Å². The van der Waals surface area contributed by atoms with Crippen LogP contribution in [0.15, 0.2) is 22.9 Å². The van der Waals surface area contributed by atoms with Gasteiger partial charge < -0.3 is 10.5 Å². The molecule has 0 spiro atoms. The molecule has 17 heavy (non-hydrogen) atoms. The van der Waals surface area contributed by atoms with Crippen LogP contribution in [0.3, 0.4) is 0 Å². The Bertz CT molecular complexity index is 342. The average molecular weight is 301 g/mol. The number of nitrogens with zero attached hydrogens (tertiary/aromatic N) is 1.